The molecule has 1 aromatic carbocycles. The zero-order valence-corrected chi connectivity index (χ0v) is 17.9. The molecule has 2 unspecified atom stereocenters. The average Bonchev–Trinajstić information content (AvgIpc) is 2.98. The van der Waals surface area contributed by atoms with Crippen molar-refractivity contribution in [1.82, 2.24) is 0 Å². The number of fused-ring (bicyclic) bond motifs is 2. The van der Waals surface area contributed by atoms with E-state index in [-0.39, 0.29) is 28.9 Å². The third kappa shape index (κ3) is 3.19. The highest BCUT2D eigenvalue weighted by Crippen LogP contribution is 2.60. The van der Waals surface area contributed by atoms with Gasteiger partial charge in [-0.3, -0.25) is 0 Å². The van der Waals surface area contributed by atoms with E-state index in [0.717, 1.165) is 19.3 Å². The molecular weight excluding hydrogens is 404 g/mol. The molecule has 1 aliphatic carbocycles. The number of aromatic carboxylic acids is 1. The van der Waals surface area contributed by atoms with Gasteiger partial charge in [-0.2, -0.15) is 0 Å². The number of carbonyl (C=O) groups excluding carboxylic acids is 1. The lowest BCUT2D eigenvalue weighted by Gasteiger charge is -2.59. The molecule has 8 nitrogen and oxygen atoms in total. The predicted molar refractivity (Wildman–Crippen MR) is 106 cm³/mol. The summed E-state index contributed by atoms with van der Waals surface area (Å²) in [5, 5.41) is 9.19. The second-order valence-corrected chi connectivity index (χ2v) is 9.56. The van der Waals surface area contributed by atoms with Gasteiger partial charge in [-0.25, -0.2) is 19.4 Å². The summed E-state index contributed by atoms with van der Waals surface area (Å²) in [5.41, 5.74) is -0.529. The van der Waals surface area contributed by atoms with Gasteiger partial charge < -0.3 is 19.3 Å². The van der Waals surface area contributed by atoms with Crippen molar-refractivity contribution in [2.24, 2.45) is 23.7 Å². The highest BCUT2D eigenvalue weighted by Gasteiger charge is 2.69. The number of rotatable bonds is 3. The van der Waals surface area contributed by atoms with Gasteiger partial charge in [0.1, 0.15) is 0 Å². The Labute approximate surface area is 180 Å². The maximum absolute atomic E-state index is 12.8. The molecule has 168 valence electrons. The van der Waals surface area contributed by atoms with Crippen molar-refractivity contribution in [3.05, 3.63) is 35.4 Å². The SMILES string of the molecule is C[C@@H]1CCC2[C@@H](C)[C@H](OC(=O)c3cccc(C(=O)O)c3)O[C@@H]3O[C@]4(C)CC[C@@H]1C23OO4. The predicted octanol–water partition coefficient (Wildman–Crippen LogP) is 3.75. The van der Waals surface area contributed by atoms with Crippen LogP contribution in [0.5, 0.6) is 0 Å². The highest BCUT2D eigenvalue weighted by atomic mass is 17.3. The normalized spacial score (nSPS) is 43.6. The van der Waals surface area contributed by atoms with E-state index >= 15 is 0 Å². The van der Waals surface area contributed by atoms with E-state index in [2.05, 4.69) is 6.92 Å². The zero-order chi connectivity index (χ0) is 22.0. The minimum absolute atomic E-state index is 0.0259. The average molecular weight is 432 g/mol. The minimum atomic E-state index is -1.10. The molecule has 4 heterocycles. The van der Waals surface area contributed by atoms with E-state index in [0.29, 0.717) is 12.3 Å². The maximum Gasteiger partial charge on any atom is 0.340 e. The molecule has 2 bridgehead atoms. The molecule has 0 amide bonds. The fourth-order valence-corrected chi connectivity index (χ4v) is 5.96. The second-order valence-electron chi connectivity index (χ2n) is 9.56. The Morgan fingerprint density at radius 1 is 1.10 bits per heavy atom. The summed E-state index contributed by atoms with van der Waals surface area (Å²) in [6.45, 7) is 6.08. The largest absolute Gasteiger partial charge is 0.478 e. The lowest BCUT2D eigenvalue weighted by molar-refractivity contribution is -0.576. The summed E-state index contributed by atoms with van der Waals surface area (Å²) >= 11 is 0. The Bertz CT molecular complexity index is 901. The molecule has 1 aromatic rings. The van der Waals surface area contributed by atoms with Crippen LogP contribution in [0.15, 0.2) is 24.3 Å². The number of carbonyl (C=O) groups is 2. The summed E-state index contributed by atoms with van der Waals surface area (Å²) in [6.07, 6.45) is 2.04. The van der Waals surface area contributed by atoms with Crippen LogP contribution in [0.2, 0.25) is 0 Å². The van der Waals surface area contributed by atoms with Gasteiger partial charge in [-0.1, -0.05) is 19.9 Å². The van der Waals surface area contributed by atoms with Gasteiger partial charge in [0.15, 0.2) is 11.9 Å². The van der Waals surface area contributed by atoms with E-state index < -0.39 is 35.9 Å². The van der Waals surface area contributed by atoms with Crippen LogP contribution in [0.25, 0.3) is 0 Å². The smallest absolute Gasteiger partial charge is 0.340 e. The van der Waals surface area contributed by atoms with Gasteiger partial charge in [-0.05, 0) is 56.2 Å². The summed E-state index contributed by atoms with van der Waals surface area (Å²) in [5.74, 6) is -2.06. The number of hydrogen-bond donors (Lipinski definition) is 1. The standard InChI is InChI=1S/C23H28O8/c1-12-7-8-17-13(2)20(27-19(26)15-6-4-5-14(11-15)18(24)25)28-21-23(17)16(12)9-10-22(3,29-21)30-31-23/h4-6,11-13,16-17,20-21H,7-10H2,1-3H3,(H,24,25)/t12-,13-,16+,17?,20-,21-,22+,23?/m1/s1. The summed E-state index contributed by atoms with van der Waals surface area (Å²) < 4.78 is 18.2. The lowest BCUT2D eigenvalue weighted by atomic mass is 9.58. The third-order valence-corrected chi connectivity index (χ3v) is 7.67. The minimum Gasteiger partial charge on any atom is -0.478 e. The Balaban J connectivity index is 1.43. The number of esters is 1. The Morgan fingerprint density at radius 3 is 2.65 bits per heavy atom. The van der Waals surface area contributed by atoms with Gasteiger partial charge >= 0.3 is 11.9 Å². The first kappa shape index (κ1) is 20.9. The Kier molecular flexibility index (Phi) is 4.89. The second kappa shape index (κ2) is 7.27. The van der Waals surface area contributed by atoms with E-state index in [1.54, 1.807) is 0 Å². The van der Waals surface area contributed by atoms with Crippen LogP contribution in [-0.2, 0) is 24.0 Å². The van der Waals surface area contributed by atoms with E-state index in [1.165, 1.54) is 24.3 Å². The van der Waals surface area contributed by atoms with Gasteiger partial charge in [-0.15, -0.1) is 0 Å². The van der Waals surface area contributed by atoms with Crippen molar-refractivity contribution >= 4 is 11.9 Å². The Morgan fingerprint density at radius 2 is 1.87 bits per heavy atom. The maximum atomic E-state index is 12.8. The van der Waals surface area contributed by atoms with Crippen molar-refractivity contribution in [3.8, 4) is 0 Å². The molecule has 8 atom stereocenters. The summed E-state index contributed by atoms with van der Waals surface area (Å²) in [4.78, 5) is 35.9. The van der Waals surface area contributed by atoms with E-state index in [1.807, 2.05) is 13.8 Å². The van der Waals surface area contributed by atoms with E-state index in [9.17, 15) is 14.7 Å². The fraction of sp³-hybridized carbons (Fsp3) is 0.652. The molecule has 1 N–H and O–H groups in total. The molecule has 8 heteroatoms. The summed E-state index contributed by atoms with van der Waals surface area (Å²) in [7, 11) is 0. The molecule has 4 aliphatic heterocycles. The first-order valence-corrected chi connectivity index (χ1v) is 11.0. The molecule has 4 saturated heterocycles. The number of carboxylic acid groups (broad SMARTS) is 1. The molecule has 1 spiro atoms. The van der Waals surface area contributed by atoms with Crippen LogP contribution >= 0.6 is 0 Å². The monoisotopic (exact) mass is 432 g/mol. The van der Waals surface area contributed by atoms with E-state index in [4.69, 9.17) is 24.0 Å². The molecule has 31 heavy (non-hydrogen) atoms. The number of carboxylic acids is 1. The van der Waals surface area contributed by atoms with Crippen molar-refractivity contribution in [3.63, 3.8) is 0 Å². The van der Waals surface area contributed by atoms with Crippen LogP contribution in [0.4, 0.5) is 0 Å². The number of benzene rings is 1. The third-order valence-electron chi connectivity index (χ3n) is 7.67. The zero-order valence-electron chi connectivity index (χ0n) is 17.9. The lowest BCUT2D eigenvalue weighted by Crippen LogP contribution is -2.70. The first-order valence-electron chi connectivity index (χ1n) is 11.0. The molecule has 5 fully saturated rings. The van der Waals surface area contributed by atoms with Crippen molar-refractivity contribution in [2.75, 3.05) is 0 Å². The Hall–Kier alpha value is -2.00. The van der Waals surface area contributed by atoms with Crippen molar-refractivity contribution in [2.45, 2.75) is 70.4 Å². The number of ether oxygens (including phenoxy) is 3. The first-order chi connectivity index (χ1) is 14.7. The molecule has 0 radical (unpaired) electrons. The number of hydrogen-bond acceptors (Lipinski definition) is 7. The van der Waals surface area contributed by atoms with Crippen molar-refractivity contribution < 1.29 is 38.7 Å². The quantitative estimate of drug-likeness (QED) is 0.569. The van der Waals surface area contributed by atoms with Crippen LogP contribution in [-0.4, -0.2) is 41.0 Å². The van der Waals surface area contributed by atoms with Crippen LogP contribution in [0, 0.1) is 23.7 Å². The van der Waals surface area contributed by atoms with Gasteiger partial charge in [0.2, 0.25) is 12.1 Å². The molecule has 5 aliphatic rings. The van der Waals surface area contributed by atoms with Crippen molar-refractivity contribution in [1.29, 1.82) is 0 Å². The van der Waals surface area contributed by atoms with Gasteiger partial charge in [0, 0.05) is 18.3 Å². The molecular formula is C23H28O8. The topological polar surface area (TPSA) is 101 Å². The fourth-order valence-electron chi connectivity index (χ4n) is 5.96. The highest BCUT2D eigenvalue weighted by molar-refractivity contribution is 5.94. The molecule has 0 aromatic heterocycles. The van der Waals surface area contributed by atoms with Crippen LogP contribution in [0.1, 0.15) is 67.2 Å². The molecule has 6 rings (SSSR count). The van der Waals surface area contributed by atoms with Crippen LogP contribution < -0.4 is 0 Å². The van der Waals surface area contributed by atoms with Gasteiger partial charge in [0.05, 0.1) is 11.1 Å². The van der Waals surface area contributed by atoms with Crippen LogP contribution in [0.3, 0.4) is 0 Å². The summed E-state index contributed by atoms with van der Waals surface area (Å²) in [6, 6.07) is 5.79. The molecule has 1 saturated carbocycles. The van der Waals surface area contributed by atoms with Gasteiger partial charge in [0.25, 0.3) is 0 Å².